The number of rotatable bonds is 4. The molecule has 0 atom stereocenters. The summed E-state index contributed by atoms with van der Waals surface area (Å²) in [5.74, 6) is 6.73. The summed E-state index contributed by atoms with van der Waals surface area (Å²) >= 11 is 1.65. The van der Waals surface area contributed by atoms with E-state index in [0.29, 0.717) is 5.82 Å². The van der Waals surface area contributed by atoms with Gasteiger partial charge >= 0.3 is 0 Å². The van der Waals surface area contributed by atoms with Gasteiger partial charge in [-0.25, -0.2) is 20.8 Å². The van der Waals surface area contributed by atoms with Crippen LogP contribution in [-0.2, 0) is 6.54 Å². The first-order chi connectivity index (χ1) is 8.20. The molecular formula is C10H14N6S. The van der Waals surface area contributed by atoms with Crippen molar-refractivity contribution in [3.8, 4) is 0 Å². The minimum Gasteiger partial charge on any atom is -0.354 e. The van der Waals surface area contributed by atoms with Gasteiger partial charge in [-0.1, -0.05) is 0 Å². The van der Waals surface area contributed by atoms with Gasteiger partial charge in [0, 0.05) is 18.0 Å². The summed E-state index contributed by atoms with van der Waals surface area (Å²) in [6.07, 6.45) is 1.49. The summed E-state index contributed by atoms with van der Waals surface area (Å²) in [7, 11) is 1.97. The van der Waals surface area contributed by atoms with Gasteiger partial charge < -0.3 is 10.3 Å². The fraction of sp³-hybridized carbons (Fsp3) is 0.300. The highest BCUT2D eigenvalue weighted by molar-refractivity contribution is 7.09. The lowest BCUT2D eigenvalue weighted by Gasteiger charge is -2.17. The van der Waals surface area contributed by atoms with Crippen molar-refractivity contribution in [3.05, 3.63) is 28.5 Å². The van der Waals surface area contributed by atoms with Crippen LogP contribution in [0.2, 0.25) is 0 Å². The summed E-state index contributed by atoms with van der Waals surface area (Å²) in [4.78, 5) is 15.7. The van der Waals surface area contributed by atoms with E-state index in [-0.39, 0.29) is 0 Å². The minimum atomic E-state index is 0.600. The van der Waals surface area contributed by atoms with E-state index in [9.17, 15) is 0 Å². The molecule has 2 aromatic rings. The number of nitrogens with two attached hydrogens (primary N) is 1. The Hall–Kier alpha value is -1.73. The zero-order valence-corrected chi connectivity index (χ0v) is 10.5. The predicted octanol–water partition coefficient (Wildman–Crippen LogP) is 1.16. The molecule has 2 aromatic heterocycles. The molecule has 0 saturated carbocycles. The van der Waals surface area contributed by atoms with Gasteiger partial charge in [0.2, 0.25) is 0 Å². The van der Waals surface area contributed by atoms with Crippen LogP contribution < -0.4 is 16.2 Å². The average Bonchev–Trinajstić information content (AvgIpc) is 2.75. The predicted molar refractivity (Wildman–Crippen MR) is 68.8 cm³/mol. The van der Waals surface area contributed by atoms with Crippen molar-refractivity contribution in [2.75, 3.05) is 17.4 Å². The number of hydrogen-bond acceptors (Lipinski definition) is 7. The molecule has 0 amide bonds. The van der Waals surface area contributed by atoms with E-state index >= 15 is 0 Å². The lowest BCUT2D eigenvalue weighted by atomic mass is 10.3. The summed E-state index contributed by atoms with van der Waals surface area (Å²) in [5, 5.41) is 0. The lowest BCUT2D eigenvalue weighted by Crippen LogP contribution is -2.18. The molecule has 3 N–H and O–H groups in total. The molecule has 0 aromatic carbocycles. The van der Waals surface area contributed by atoms with E-state index in [1.807, 2.05) is 24.4 Å². The number of nitrogens with one attached hydrogen (secondary N) is 1. The highest BCUT2D eigenvalue weighted by Crippen LogP contribution is 2.18. The molecule has 7 heteroatoms. The quantitative estimate of drug-likeness (QED) is 0.626. The fourth-order valence-corrected chi connectivity index (χ4v) is 2.24. The summed E-state index contributed by atoms with van der Waals surface area (Å²) in [5.41, 5.74) is 5.42. The Kier molecular flexibility index (Phi) is 3.50. The van der Waals surface area contributed by atoms with E-state index in [4.69, 9.17) is 5.84 Å². The number of nitrogens with zero attached hydrogens (tertiary/aromatic N) is 4. The van der Waals surface area contributed by atoms with Gasteiger partial charge in [-0.05, 0) is 6.92 Å². The third-order valence-electron chi connectivity index (χ3n) is 2.42. The van der Waals surface area contributed by atoms with Gasteiger partial charge in [0.25, 0.3) is 0 Å². The maximum atomic E-state index is 5.31. The zero-order valence-electron chi connectivity index (χ0n) is 9.71. The van der Waals surface area contributed by atoms with Crippen LogP contribution in [0.4, 0.5) is 11.6 Å². The number of hydrogen-bond donors (Lipinski definition) is 2. The van der Waals surface area contributed by atoms with Gasteiger partial charge in [-0.3, -0.25) is 0 Å². The highest BCUT2D eigenvalue weighted by Gasteiger charge is 2.08. The second-order valence-electron chi connectivity index (χ2n) is 3.62. The molecule has 0 aliphatic heterocycles. The zero-order chi connectivity index (χ0) is 12.3. The molecule has 0 spiro atoms. The van der Waals surface area contributed by atoms with Gasteiger partial charge in [0.05, 0.1) is 17.7 Å². The fourth-order valence-electron chi connectivity index (χ4n) is 1.41. The number of anilines is 2. The number of hydrazine groups is 1. The van der Waals surface area contributed by atoms with Crippen molar-refractivity contribution >= 4 is 23.0 Å². The molecule has 0 saturated heterocycles. The molecule has 0 bridgehead atoms. The van der Waals surface area contributed by atoms with E-state index < -0.39 is 0 Å². The number of aryl methyl sites for hydroxylation is 1. The molecule has 6 nitrogen and oxygen atoms in total. The summed E-state index contributed by atoms with van der Waals surface area (Å²) in [6.45, 7) is 2.78. The van der Waals surface area contributed by atoms with E-state index in [0.717, 1.165) is 18.1 Å². The molecule has 0 radical (unpaired) electrons. The Bertz CT molecular complexity index is 497. The van der Waals surface area contributed by atoms with Crippen molar-refractivity contribution in [2.45, 2.75) is 13.5 Å². The third kappa shape index (κ3) is 2.69. The molecule has 0 aliphatic rings. The molecule has 0 aliphatic carbocycles. The van der Waals surface area contributed by atoms with Crippen LogP contribution in [0.15, 0.2) is 17.9 Å². The van der Waals surface area contributed by atoms with E-state index in [1.165, 1.54) is 11.2 Å². The van der Waals surface area contributed by atoms with E-state index in [2.05, 4.69) is 20.4 Å². The van der Waals surface area contributed by atoms with Gasteiger partial charge in [0.1, 0.15) is 18.0 Å². The Morgan fingerprint density at radius 2 is 2.24 bits per heavy atom. The van der Waals surface area contributed by atoms with Crippen LogP contribution in [0, 0.1) is 6.92 Å². The first-order valence-electron chi connectivity index (χ1n) is 5.09. The standard InChI is InChI=1S/C10H14N6S/c1-7-8(17-6-14-7)4-16(2)10-3-9(15-11)12-5-13-10/h3,5-6H,4,11H2,1-2H3,(H,12,13,15). The maximum absolute atomic E-state index is 5.31. The van der Waals surface area contributed by atoms with Crippen LogP contribution in [0.1, 0.15) is 10.6 Å². The topological polar surface area (TPSA) is 80.0 Å². The first-order valence-corrected chi connectivity index (χ1v) is 5.97. The minimum absolute atomic E-state index is 0.600. The van der Waals surface area contributed by atoms with Crippen molar-refractivity contribution in [1.29, 1.82) is 0 Å². The Morgan fingerprint density at radius 1 is 1.41 bits per heavy atom. The lowest BCUT2D eigenvalue weighted by molar-refractivity contribution is 0.894. The monoisotopic (exact) mass is 250 g/mol. The molecule has 2 heterocycles. The van der Waals surface area contributed by atoms with Gasteiger partial charge in [0.15, 0.2) is 0 Å². The summed E-state index contributed by atoms with van der Waals surface area (Å²) in [6, 6.07) is 1.80. The van der Waals surface area contributed by atoms with Crippen molar-refractivity contribution < 1.29 is 0 Å². The second-order valence-corrected chi connectivity index (χ2v) is 4.56. The van der Waals surface area contributed by atoms with E-state index in [1.54, 1.807) is 17.4 Å². The number of aromatic nitrogens is 3. The molecule has 2 rings (SSSR count). The average molecular weight is 250 g/mol. The Balaban J connectivity index is 2.14. The molecule has 90 valence electrons. The van der Waals surface area contributed by atoms with Crippen LogP contribution in [0.3, 0.4) is 0 Å². The molecule has 0 fully saturated rings. The Morgan fingerprint density at radius 3 is 2.88 bits per heavy atom. The van der Waals surface area contributed by atoms with Crippen molar-refractivity contribution in [1.82, 2.24) is 15.0 Å². The largest absolute Gasteiger partial charge is 0.354 e. The Labute approximate surface area is 104 Å². The third-order valence-corrected chi connectivity index (χ3v) is 3.34. The van der Waals surface area contributed by atoms with Crippen molar-refractivity contribution in [2.24, 2.45) is 5.84 Å². The normalized spacial score (nSPS) is 10.3. The number of nitrogen functional groups attached to an aromatic ring is 1. The highest BCUT2D eigenvalue weighted by atomic mass is 32.1. The molecular weight excluding hydrogens is 236 g/mol. The molecule has 17 heavy (non-hydrogen) atoms. The van der Waals surface area contributed by atoms with Gasteiger partial charge in [-0.2, -0.15) is 0 Å². The van der Waals surface area contributed by atoms with Crippen LogP contribution in [-0.4, -0.2) is 22.0 Å². The molecule has 0 unspecified atom stereocenters. The smallest absolute Gasteiger partial charge is 0.145 e. The maximum Gasteiger partial charge on any atom is 0.145 e. The second kappa shape index (κ2) is 5.07. The number of thiazole rings is 1. The first kappa shape index (κ1) is 11.7. The van der Waals surface area contributed by atoms with Crippen LogP contribution in [0.5, 0.6) is 0 Å². The van der Waals surface area contributed by atoms with Crippen LogP contribution >= 0.6 is 11.3 Å². The van der Waals surface area contributed by atoms with Gasteiger partial charge in [-0.15, -0.1) is 11.3 Å². The summed E-state index contributed by atoms with van der Waals surface area (Å²) < 4.78 is 0. The van der Waals surface area contributed by atoms with Crippen molar-refractivity contribution in [3.63, 3.8) is 0 Å². The SMILES string of the molecule is Cc1ncsc1CN(C)c1cc(NN)ncn1. The van der Waals surface area contributed by atoms with Crippen LogP contribution in [0.25, 0.3) is 0 Å².